The minimum Gasteiger partial charge on any atom is -0.489 e. The van der Waals surface area contributed by atoms with Crippen molar-refractivity contribution in [3.63, 3.8) is 0 Å². The normalized spacial score (nSPS) is 34.2. The smallest absolute Gasteiger partial charge is 0.186 e. The van der Waals surface area contributed by atoms with Crippen LogP contribution in [0, 0.1) is 17.3 Å². The fraction of sp³-hybridized carbons (Fsp3) is 0.545. The summed E-state index contributed by atoms with van der Waals surface area (Å²) in [6, 6.07) is 6.47. The Labute approximate surface area is 154 Å². The summed E-state index contributed by atoms with van der Waals surface area (Å²) >= 11 is 0. The van der Waals surface area contributed by atoms with Gasteiger partial charge in [-0.2, -0.15) is 0 Å². The highest BCUT2D eigenvalue weighted by atomic mass is 16.5. The van der Waals surface area contributed by atoms with E-state index in [0.29, 0.717) is 36.5 Å². The molecule has 4 nitrogen and oxygen atoms in total. The lowest BCUT2D eigenvalue weighted by atomic mass is 9.55. The maximum atomic E-state index is 12.7. The number of carbonyl (C=O) groups excluding carboxylic acids is 1. The molecule has 138 valence electrons. The summed E-state index contributed by atoms with van der Waals surface area (Å²) in [5.74, 6) is 2.27. The molecule has 0 saturated heterocycles. The largest absolute Gasteiger partial charge is 0.489 e. The van der Waals surface area contributed by atoms with E-state index in [1.54, 1.807) is 0 Å². The summed E-state index contributed by atoms with van der Waals surface area (Å²) in [6.07, 6.45) is 4.65. The van der Waals surface area contributed by atoms with Crippen LogP contribution in [0.3, 0.4) is 0 Å². The van der Waals surface area contributed by atoms with Gasteiger partial charge in [-0.3, -0.25) is 4.79 Å². The predicted molar refractivity (Wildman–Crippen MR) is 101 cm³/mol. The third-order valence-corrected chi connectivity index (χ3v) is 6.89. The first-order valence-electron chi connectivity index (χ1n) is 9.60. The van der Waals surface area contributed by atoms with Crippen LogP contribution in [-0.2, 0) is 11.2 Å². The Bertz CT molecular complexity index is 797. The van der Waals surface area contributed by atoms with E-state index in [1.807, 2.05) is 6.92 Å². The standard InChI is InChI=1S/C22H27NO3/c1-13(2)12-26-15-5-7-16-14(10-15)4-6-18-17(16)8-9-22(3)19(18)11-20(23-25)21(22)24/h5,7,10,17-19,25H,1,4,6,8-9,11-12H2,2-3H3/b23-20+/t17-,18-,19+,22+/m1/s1. The van der Waals surface area contributed by atoms with Gasteiger partial charge in [-0.05, 0) is 79.2 Å². The van der Waals surface area contributed by atoms with Gasteiger partial charge in [-0.1, -0.05) is 24.7 Å². The number of hydrogen-bond donors (Lipinski definition) is 1. The van der Waals surface area contributed by atoms with Crippen LogP contribution >= 0.6 is 0 Å². The average Bonchev–Trinajstić information content (AvgIpc) is 2.90. The van der Waals surface area contributed by atoms with Gasteiger partial charge < -0.3 is 9.94 Å². The SMILES string of the molecule is C=C(C)COc1ccc2c(c1)CC[C@@H]1[C@@H]2CC[C@]2(C)C(=O)/C(=N/O)C[C@@H]12. The Hall–Kier alpha value is -2.10. The monoisotopic (exact) mass is 353 g/mol. The molecule has 2 fully saturated rings. The second-order valence-corrected chi connectivity index (χ2v) is 8.56. The first kappa shape index (κ1) is 17.3. The number of aryl methyl sites for hydroxylation is 1. The molecular weight excluding hydrogens is 326 g/mol. The summed E-state index contributed by atoms with van der Waals surface area (Å²) < 4.78 is 5.81. The molecule has 4 atom stereocenters. The number of benzene rings is 1. The molecule has 0 bridgehead atoms. The lowest BCUT2D eigenvalue weighted by Gasteiger charge is -2.47. The van der Waals surface area contributed by atoms with Gasteiger partial charge in [-0.25, -0.2) is 0 Å². The molecule has 0 aliphatic heterocycles. The Morgan fingerprint density at radius 2 is 2.23 bits per heavy atom. The van der Waals surface area contributed by atoms with Crippen molar-refractivity contribution in [1.82, 2.24) is 0 Å². The molecule has 0 radical (unpaired) electrons. The van der Waals surface area contributed by atoms with Gasteiger partial charge in [0, 0.05) is 11.8 Å². The van der Waals surface area contributed by atoms with Gasteiger partial charge in [-0.15, -0.1) is 0 Å². The van der Waals surface area contributed by atoms with E-state index in [4.69, 9.17) is 4.74 Å². The Kier molecular flexibility index (Phi) is 4.17. The van der Waals surface area contributed by atoms with Crippen molar-refractivity contribution in [3.8, 4) is 5.75 Å². The van der Waals surface area contributed by atoms with E-state index < -0.39 is 0 Å². The molecule has 1 aromatic rings. The van der Waals surface area contributed by atoms with Gasteiger partial charge in [0.25, 0.3) is 0 Å². The molecule has 4 rings (SSSR count). The van der Waals surface area contributed by atoms with Crippen LogP contribution in [0.25, 0.3) is 0 Å². The molecule has 1 N–H and O–H groups in total. The predicted octanol–water partition coefficient (Wildman–Crippen LogP) is 4.51. The Balaban J connectivity index is 1.61. The zero-order valence-electron chi connectivity index (χ0n) is 15.6. The minimum absolute atomic E-state index is 0.0674. The van der Waals surface area contributed by atoms with E-state index in [1.165, 1.54) is 11.1 Å². The van der Waals surface area contributed by atoms with Crippen molar-refractivity contribution in [2.75, 3.05) is 6.61 Å². The summed E-state index contributed by atoms with van der Waals surface area (Å²) in [4.78, 5) is 12.7. The van der Waals surface area contributed by atoms with Gasteiger partial charge in [0.2, 0.25) is 0 Å². The summed E-state index contributed by atoms with van der Waals surface area (Å²) in [7, 11) is 0. The first-order valence-corrected chi connectivity index (χ1v) is 9.60. The molecular formula is C22H27NO3. The van der Waals surface area contributed by atoms with Crippen LogP contribution < -0.4 is 4.74 Å². The molecule has 26 heavy (non-hydrogen) atoms. The van der Waals surface area contributed by atoms with E-state index in [0.717, 1.165) is 37.0 Å². The Morgan fingerprint density at radius 1 is 1.42 bits per heavy atom. The van der Waals surface area contributed by atoms with E-state index in [-0.39, 0.29) is 11.2 Å². The minimum atomic E-state index is -0.342. The van der Waals surface area contributed by atoms with Crippen LogP contribution in [0.2, 0.25) is 0 Å². The highest BCUT2D eigenvalue weighted by molar-refractivity contribution is 6.43. The topological polar surface area (TPSA) is 58.9 Å². The number of oxime groups is 1. The van der Waals surface area contributed by atoms with Gasteiger partial charge in [0.1, 0.15) is 18.1 Å². The van der Waals surface area contributed by atoms with Gasteiger partial charge in [0.15, 0.2) is 5.78 Å². The maximum Gasteiger partial charge on any atom is 0.186 e. The van der Waals surface area contributed by atoms with Crippen LogP contribution in [0.5, 0.6) is 5.75 Å². The lowest BCUT2D eigenvalue weighted by molar-refractivity contribution is -0.125. The van der Waals surface area contributed by atoms with E-state index in [9.17, 15) is 10.0 Å². The number of carbonyl (C=O) groups is 1. The third-order valence-electron chi connectivity index (χ3n) is 6.89. The molecule has 3 aliphatic rings. The Morgan fingerprint density at radius 3 is 2.96 bits per heavy atom. The van der Waals surface area contributed by atoms with Crippen molar-refractivity contribution in [2.45, 2.75) is 51.9 Å². The number of fused-ring (bicyclic) bond motifs is 5. The second kappa shape index (κ2) is 6.26. The molecule has 1 aromatic carbocycles. The number of nitrogens with zero attached hydrogens (tertiary/aromatic N) is 1. The zero-order chi connectivity index (χ0) is 18.5. The van der Waals surface area contributed by atoms with Crippen molar-refractivity contribution < 1.29 is 14.7 Å². The van der Waals surface area contributed by atoms with Crippen LogP contribution in [0.1, 0.15) is 56.6 Å². The molecule has 0 aromatic heterocycles. The molecule has 2 saturated carbocycles. The van der Waals surface area contributed by atoms with Gasteiger partial charge in [0.05, 0.1) is 0 Å². The number of ketones is 1. The fourth-order valence-electron chi connectivity index (χ4n) is 5.55. The average molecular weight is 353 g/mol. The first-order chi connectivity index (χ1) is 12.4. The molecule has 0 unspecified atom stereocenters. The second-order valence-electron chi connectivity index (χ2n) is 8.56. The third kappa shape index (κ3) is 2.58. The quantitative estimate of drug-likeness (QED) is 0.494. The van der Waals surface area contributed by atoms with Gasteiger partial charge >= 0.3 is 0 Å². The zero-order valence-corrected chi connectivity index (χ0v) is 15.6. The molecule has 0 amide bonds. The number of ether oxygens (including phenoxy) is 1. The van der Waals surface area contributed by atoms with E-state index >= 15 is 0 Å². The highest BCUT2D eigenvalue weighted by Gasteiger charge is 2.57. The van der Waals surface area contributed by atoms with Crippen molar-refractivity contribution in [2.24, 2.45) is 22.4 Å². The highest BCUT2D eigenvalue weighted by Crippen LogP contribution is 2.59. The number of rotatable bonds is 3. The number of Topliss-reactive ketones (excluding diaryl/α,β-unsaturated/α-hetero) is 1. The number of hydrogen-bond acceptors (Lipinski definition) is 4. The molecule has 3 aliphatic carbocycles. The van der Waals surface area contributed by atoms with E-state index in [2.05, 4.69) is 36.9 Å². The van der Waals surface area contributed by atoms with Crippen molar-refractivity contribution >= 4 is 11.5 Å². The van der Waals surface area contributed by atoms with Crippen molar-refractivity contribution in [1.29, 1.82) is 0 Å². The van der Waals surface area contributed by atoms with Crippen LogP contribution in [0.4, 0.5) is 0 Å². The fourth-order valence-corrected chi connectivity index (χ4v) is 5.55. The molecule has 0 heterocycles. The van der Waals surface area contributed by atoms with Crippen LogP contribution in [0.15, 0.2) is 35.5 Å². The summed E-state index contributed by atoms with van der Waals surface area (Å²) in [5, 5.41) is 12.5. The van der Waals surface area contributed by atoms with Crippen LogP contribution in [-0.4, -0.2) is 23.3 Å². The maximum absolute atomic E-state index is 12.7. The summed E-state index contributed by atoms with van der Waals surface area (Å²) in [5.41, 5.74) is 3.86. The lowest BCUT2D eigenvalue weighted by Crippen LogP contribution is -2.42. The van der Waals surface area contributed by atoms with Crippen molar-refractivity contribution in [3.05, 3.63) is 41.5 Å². The molecule has 4 heteroatoms. The molecule has 0 spiro atoms. The summed E-state index contributed by atoms with van der Waals surface area (Å²) in [6.45, 7) is 8.49.